The van der Waals surface area contributed by atoms with Crippen LogP contribution in [0.2, 0.25) is 0 Å². The fraction of sp³-hybridized carbons (Fsp3) is 0.222. The van der Waals surface area contributed by atoms with E-state index in [0.717, 1.165) is 22.2 Å². The van der Waals surface area contributed by atoms with Crippen molar-refractivity contribution in [2.75, 3.05) is 5.75 Å². The predicted molar refractivity (Wildman–Crippen MR) is 60.7 cm³/mol. The van der Waals surface area contributed by atoms with Gasteiger partial charge in [-0.15, -0.1) is 21.5 Å². The maximum absolute atomic E-state index is 10.4. The van der Waals surface area contributed by atoms with E-state index in [1.54, 1.807) is 0 Å². The lowest BCUT2D eigenvalue weighted by Gasteiger charge is -1.91. The summed E-state index contributed by atoms with van der Waals surface area (Å²) in [7, 11) is 0. The Morgan fingerprint density at radius 1 is 1.62 bits per heavy atom. The lowest BCUT2D eigenvalue weighted by molar-refractivity contribution is -0.133. The first-order valence-electron chi connectivity index (χ1n) is 4.39. The molecule has 0 aliphatic heterocycles. The first kappa shape index (κ1) is 11.2. The topological polar surface area (TPSA) is 76.2 Å². The molecule has 0 amide bonds. The van der Waals surface area contributed by atoms with Gasteiger partial charge in [0.25, 0.3) is 11.1 Å². The van der Waals surface area contributed by atoms with Gasteiger partial charge in [-0.25, -0.2) is 0 Å². The van der Waals surface area contributed by atoms with Gasteiger partial charge in [0.1, 0.15) is 5.75 Å². The molecule has 2 heterocycles. The Morgan fingerprint density at radius 2 is 2.44 bits per heavy atom. The highest BCUT2D eigenvalue weighted by Crippen LogP contribution is 2.29. The molecular formula is C9H8N2O3S2. The van der Waals surface area contributed by atoms with E-state index in [9.17, 15) is 4.79 Å². The van der Waals surface area contributed by atoms with E-state index < -0.39 is 5.97 Å². The van der Waals surface area contributed by atoms with E-state index in [2.05, 4.69) is 10.2 Å². The van der Waals surface area contributed by atoms with Crippen LogP contribution >= 0.6 is 23.1 Å². The summed E-state index contributed by atoms with van der Waals surface area (Å²) in [5.41, 5.74) is 1.07. The fourth-order valence-electron chi connectivity index (χ4n) is 1.08. The largest absolute Gasteiger partial charge is 0.481 e. The third kappa shape index (κ3) is 2.42. The number of thiophene rings is 1. The number of carboxylic acids is 1. The number of hydrogen-bond acceptors (Lipinski definition) is 6. The number of aliphatic carboxylic acids is 1. The molecular weight excluding hydrogens is 248 g/mol. The molecule has 0 saturated heterocycles. The summed E-state index contributed by atoms with van der Waals surface area (Å²) in [6.07, 6.45) is 0. The van der Waals surface area contributed by atoms with Gasteiger partial charge in [0.15, 0.2) is 0 Å². The third-order valence-corrected chi connectivity index (χ3v) is 3.59. The average molecular weight is 256 g/mol. The summed E-state index contributed by atoms with van der Waals surface area (Å²) in [6.45, 7) is 1.96. The summed E-state index contributed by atoms with van der Waals surface area (Å²) in [5, 5.41) is 18.4. The minimum Gasteiger partial charge on any atom is -0.481 e. The van der Waals surface area contributed by atoms with Crippen LogP contribution in [0, 0.1) is 6.92 Å². The van der Waals surface area contributed by atoms with Gasteiger partial charge in [0.2, 0.25) is 0 Å². The van der Waals surface area contributed by atoms with E-state index in [0.29, 0.717) is 5.89 Å². The van der Waals surface area contributed by atoms with Crippen LogP contribution in [0.15, 0.2) is 21.1 Å². The van der Waals surface area contributed by atoms with Crippen LogP contribution in [0.25, 0.3) is 10.8 Å². The molecule has 0 aliphatic rings. The van der Waals surface area contributed by atoms with Crippen LogP contribution in [-0.2, 0) is 4.79 Å². The van der Waals surface area contributed by atoms with Crippen molar-refractivity contribution < 1.29 is 14.3 Å². The number of aromatic nitrogens is 2. The molecule has 0 spiro atoms. The molecule has 0 radical (unpaired) electrons. The molecule has 0 saturated carbocycles. The smallest absolute Gasteiger partial charge is 0.314 e. The summed E-state index contributed by atoms with van der Waals surface area (Å²) in [4.78, 5) is 11.3. The van der Waals surface area contributed by atoms with Gasteiger partial charge in [-0.05, 0) is 23.9 Å². The Bertz CT molecular complexity index is 506. The van der Waals surface area contributed by atoms with Crippen molar-refractivity contribution in [1.29, 1.82) is 0 Å². The SMILES string of the molecule is Cc1ccsc1-c1nnc(SCC(=O)O)o1. The Labute approximate surface area is 99.5 Å². The Morgan fingerprint density at radius 3 is 3.06 bits per heavy atom. The molecule has 0 atom stereocenters. The molecule has 0 aliphatic carbocycles. The number of carbonyl (C=O) groups is 1. The monoisotopic (exact) mass is 256 g/mol. The highest BCUT2D eigenvalue weighted by atomic mass is 32.2. The standard InChI is InChI=1S/C9H8N2O3S2/c1-5-2-3-15-7(5)8-10-11-9(14-8)16-4-6(12)13/h2-3H,4H2,1H3,(H,12,13). The number of hydrogen-bond donors (Lipinski definition) is 1. The van der Waals surface area contributed by atoms with Crippen molar-refractivity contribution in [2.45, 2.75) is 12.1 Å². The summed E-state index contributed by atoms with van der Waals surface area (Å²) in [6, 6.07) is 1.97. The summed E-state index contributed by atoms with van der Waals surface area (Å²) in [5.74, 6) is -0.539. The minimum absolute atomic E-state index is 0.0783. The van der Waals surface area contributed by atoms with Crippen LogP contribution in [0.3, 0.4) is 0 Å². The molecule has 0 fully saturated rings. The zero-order valence-electron chi connectivity index (χ0n) is 8.34. The van der Waals surface area contributed by atoms with Gasteiger partial charge >= 0.3 is 5.97 Å². The number of rotatable bonds is 4. The molecule has 0 bridgehead atoms. The van der Waals surface area contributed by atoms with Gasteiger partial charge in [-0.2, -0.15) is 0 Å². The number of carboxylic acid groups (broad SMARTS) is 1. The fourth-order valence-corrected chi connectivity index (χ4v) is 2.40. The number of aryl methyl sites for hydroxylation is 1. The molecule has 2 rings (SSSR count). The van der Waals surface area contributed by atoms with E-state index in [1.807, 2.05) is 18.4 Å². The van der Waals surface area contributed by atoms with E-state index >= 15 is 0 Å². The van der Waals surface area contributed by atoms with Crippen molar-refractivity contribution in [3.8, 4) is 10.8 Å². The molecule has 16 heavy (non-hydrogen) atoms. The second kappa shape index (κ2) is 4.67. The highest BCUT2D eigenvalue weighted by molar-refractivity contribution is 7.99. The van der Waals surface area contributed by atoms with Gasteiger partial charge in [0.05, 0.1) is 4.88 Å². The molecule has 0 unspecified atom stereocenters. The molecule has 0 aromatic carbocycles. The van der Waals surface area contributed by atoms with Crippen molar-refractivity contribution >= 4 is 29.1 Å². The number of nitrogens with zero attached hydrogens (tertiary/aromatic N) is 2. The molecule has 2 aromatic rings. The van der Waals surface area contributed by atoms with Crippen LogP contribution in [-0.4, -0.2) is 27.0 Å². The Kier molecular flexibility index (Phi) is 3.25. The van der Waals surface area contributed by atoms with Crippen LogP contribution in [0.4, 0.5) is 0 Å². The van der Waals surface area contributed by atoms with Crippen molar-refractivity contribution in [3.63, 3.8) is 0 Å². The first-order chi connectivity index (χ1) is 7.66. The summed E-state index contributed by atoms with van der Waals surface area (Å²) < 4.78 is 5.35. The molecule has 84 valence electrons. The zero-order valence-corrected chi connectivity index (χ0v) is 9.97. The van der Waals surface area contributed by atoms with Gasteiger partial charge in [-0.3, -0.25) is 4.79 Å². The quantitative estimate of drug-likeness (QED) is 0.846. The van der Waals surface area contributed by atoms with Crippen molar-refractivity contribution in [1.82, 2.24) is 10.2 Å². The minimum atomic E-state index is -0.906. The number of thioether (sulfide) groups is 1. The lowest BCUT2D eigenvalue weighted by atomic mass is 10.3. The second-order valence-electron chi connectivity index (χ2n) is 2.99. The van der Waals surface area contributed by atoms with Crippen molar-refractivity contribution in [3.05, 3.63) is 17.0 Å². The first-order valence-corrected chi connectivity index (χ1v) is 6.26. The molecule has 2 aromatic heterocycles. The van der Waals surface area contributed by atoms with Gasteiger partial charge in [-0.1, -0.05) is 11.8 Å². The van der Waals surface area contributed by atoms with Crippen LogP contribution < -0.4 is 0 Å². The van der Waals surface area contributed by atoms with E-state index in [4.69, 9.17) is 9.52 Å². The molecule has 1 N–H and O–H groups in total. The molecule has 7 heteroatoms. The second-order valence-corrected chi connectivity index (χ2v) is 4.83. The summed E-state index contributed by atoms with van der Waals surface area (Å²) >= 11 is 2.54. The lowest BCUT2D eigenvalue weighted by Crippen LogP contribution is -1.97. The van der Waals surface area contributed by atoms with Gasteiger partial charge in [0, 0.05) is 0 Å². The normalized spacial score (nSPS) is 10.6. The Hall–Kier alpha value is -1.34. The van der Waals surface area contributed by atoms with E-state index in [1.165, 1.54) is 11.3 Å². The third-order valence-electron chi connectivity index (χ3n) is 1.78. The Balaban J connectivity index is 2.14. The average Bonchev–Trinajstić information content (AvgIpc) is 2.83. The van der Waals surface area contributed by atoms with Crippen LogP contribution in [0.5, 0.6) is 0 Å². The predicted octanol–water partition coefficient (Wildman–Crippen LogP) is 2.28. The maximum Gasteiger partial charge on any atom is 0.314 e. The van der Waals surface area contributed by atoms with E-state index in [-0.39, 0.29) is 11.0 Å². The van der Waals surface area contributed by atoms with Gasteiger partial charge < -0.3 is 9.52 Å². The van der Waals surface area contributed by atoms with Crippen molar-refractivity contribution in [2.24, 2.45) is 0 Å². The zero-order chi connectivity index (χ0) is 11.5. The van der Waals surface area contributed by atoms with Crippen LogP contribution in [0.1, 0.15) is 5.56 Å². The maximum atomic E-state index is 10.4. The highest BCUT2D eigenvalue weighted by Gasteiger charge is 2.13. The molecule has 5 nitrogen and oxygen atoms in total.